The van der Waals surface area contributed by atoms with E-state index in [1.165, 1.54) is 49.8 Å². The largest absolute Gasteiger partial charge is 0.309 e. The molecule has 2 atom stereocenters. The van der Waals surface area contributed by atoms with Gasteiger partial charge in [0.1, 0.15) is 0 Å². The zero-order valence-electron chi connectivity index (χ0n) is 14.1. The van der Waals surface area contributed by atoms with Crippen molar-refractivity contribution in [3.63, 3.8) is 0 Å². The second-order valence-corrected chi connectivity index (χ2v) is 6.61. The lowest BCUT2D eigenvalue weighted by Gasteiger charge is -2.32. The molecule has 2 unspecified atom stereocenters. The molecule has 2 rings (SSSR count). The summed E-state index contributed by atoms with van der Waals surface area (Å²) in [5, 5.41) is 3.75. The predicted octanol–water partition coefficient (Wildman–Crippen LogP) is 4.30. The van der Waals surface area contributed by atoms with Gasteiger partial charge in [0.2, 0.25) is 0 Å². The maximum Gasteiger partial charge on any atom is 0.0449 e. The van der Waals surface area contributed by atoms with Crippen LogP contribution in [0.5, 0.6) is 0 Å². The predicted molar refractivity (Wildman–Crippen MR) is 91.7 cm³/mol. The van der Waals surface area contributed by atoms with E-state index in [2.05, 4.69) is 55.3 Å². The van der Waals surface area contributed by atoms with Crippen molar-refractivity contribution < 1.29 is 0 Å². The number of likely N-dealkylation sites (tertiary alicyclic amines) is 1. The Labute approximate surface area is 130 Å². The molecular weight excluding hydrogens is 256 g/mol. The molecule has 1 aromatic rings. The van der Waals surface area contributed by atoms with E-state index in [0.29, 0.717) is 6.04 Å². The molecule has 1 N–H and O–H groups in total. The number of nitrogens with zero attached hydrogens (tertiary/aromatic N) is 1. The molecule has 0 radical (unpaired) electrons. The van der Waals surface area contributed by atoms with Crippen molar-refractivity contribution in [1.29, 1.82) is 0 Å². The fourth-order valence-corrected chi connectivity index (χ4v) is 3.25. The van der Waals surface area contributed by atoms with E-state index < -0.39 is 0 Å². The maximum absolute atomic E-state index is 3.75. The fraction of sp³-hybridized carbons (Fsp3) is 0.684. The van der Waals surface area contributed by atoms with Gasteiger partial charge in [0.25, 0.3) is 0 Å². The molecule has 1 saturated heterocycles. The molecule has 1 aromatic carbocycles. The van der Waals surface area contributed by atoms with Crippen LogP contribution in [0, 0.1) is 6.92 Å². The van der Waals surface area contributed by atoms with Gasteiger partial charge in [-0.25, -0.2) is 0 Å². The molecule has 1 heterocycles. The van der Waals surface area contributed by atoms with Crippen LogP contribution in [-0.4, -0.2) is 30.6 Å². The van der Waals surface area contributed by atoms with Crippen molar-refractivity contribution in [1.82, 2.24) is 10.2 Å². The molecule has 1 aliphatic heterocycles. The Bertz CT molecular complexity index is 399. The SMILES string of the molecule is CCCNC(CN1CCCCCC1C)c1ccc(C)cc1. The van der Waals surface area contributed by atoms with Crippen molar-refractivity contribution in [2.75, 3.05) is 19.6 Å². The minimum absolute atomic E-state index is 0.464. The molecule has 118 valence electrons. The zero-order chi connectivity index (χ0) is 15.1. The van der Waals surface area contributed by atoms with Gasteiger partial charge in [-0.15, -0.1) is 0 Å². The first-order chi connectivity index (χ1) is 10.2. The third-order valence-corrected chi connectivity index (χ3v) is 4.73. The quantitative estimate of drug-likeness (QED) is 0.839. The van der Waals surface area contributed by atoms with Gasteiger partial charge in [-0.3, -0.25) is 4.90 Å². The molecule has 0 aliphatic carbocycles. The first-order valence-electron chi connectivity index (χ1n) is 8.74. The summed E-state index contributed by atoms with van der Waals surface area (Å²) in [6, 6.07) is 10.3. The number of aryl methyl sites for hydroxylation is 1. The second-order valence-electron chi connectivity index (χ2n) is 6.61. The number of nitrogens with one attached hydrogen (secondary N) is 1. The second kappa shape index (κ2) is 8.55. The van der Waals surface area contributed by atoms with Crippen molar-refractivity contribution in [2.24, 2.45) is 0 Å². The average molecular weight is 288 g/mol. The van der Waals surface area contributed by atoms with Gasteiger partial charge in [-0.1, -0.05) is 49.6 Å². The van der Waals surface area contributed by atoms with Crippen LogP contribution in [0.4, 0.5) is 0 Å². The van der Waals surface area contributed by atoms with Gasteiger partial charge in [0.05, 0.1) is 0 Å². The Balaban J connectivity index is 2.05. The third kappa shape index (κ3) is 5.12. The first-order valence-corrected chi connectivity index (χ1v) is 8.74. The Morgan fingerprint density at radius 2 is 1.95 bits per heavy atom. The van der Waals surface area contributed by atoms with Crippen LogP contribution in [0.25, 0.3) is 0 Å². The van der Waals surface area contributed by atoms with E-state index in [0.717, 1.165) is 19.1 Å². The van der Waals surface area contributed by atoms with Gasteiger partial charge in [-0.05, 0) is 51.8 Å². The highest BCUT2D eigenvalue weighted by Gasteiger charge is 2.21. The van der Waals surface area contributed by atoms with Gasteiger partial charge in [0.15, 0.2) is 0 Å². The van der Waals surface area contributed by atoms with E-state index >= 15 is 0 Å². The summed E-state index contributed by atoms with van der Waals surface area (Å²) in [6.07, 6.45) is 6.71. The highest BCUT2D eigenvalue weighted by atomic mass is 15.2. The fourth-order valence-electron chi connectivity index (χ4n) is 3.25. The molecule has 1 aliphatic rings. The number of rotatable bonds is 6. The lowest BCUT2D eigenvalue weighted by atomic mass is 10.0. The molecule has 2 nitrogen and oxygen atoms in total. The smallest absolute Gasteiger partial charge is 0.0449 e. The van der Waals surface area contributed by atoms with Gasteiger partial charge in [-0.2, -0.15) is 0 Å². The van der Waals surface area contributed by atoms with Gasteiger partial charge in [0, 0.05) is 18.6 Å². The summed E-state index contributed by atoms with van der Waals surface area (Å²) in [5.74, 6) is 0. The van der Waals surface area contributed by atoms with Crippen LogP contribution in [0.1, 0.15) is 63.1 Å². The lowest BCUT2D eigenvalue weighted by Crippen LogP contribution is -2.40. The molecule has 0 bridgehead atoms. The van der Waals surface area contributed by atoms with E-state index in [1.54, 1.807) is 0 Å². The molecule has 0 saturated carbocycles. The minimum Gasteiger partial charge on any atom is -0.309 e. The van der Waals surface area contributed by atoms with Gasteiger partial charge >= 0.3 is 0 Å². The Kier molecular flexibility index (Phi) is 6.72. The summed E-state index contributed by atoms with van der Waals surface area (Å²) in [4.78, 5) is 2.69. The van der Waals surface area contributed by atoms with Gasteiger partial charge < -0.3 is 5.32 Å². The van der Waals surface area contributed by atoms with Crippen molar-refractivity contribution in [2.45, 2.75) is 65.0 Å². The number of hydrogen-bond donors (Lipinski definition) is 1. The molecular formula is C19H32N2. The molecule has 1 fully saturated rings. The molecule has 0 spiro atoms. The van der Waals surface area contributed by atoms with Crippen LogP contribution in [-0.2, 0) is 0 Å². The maximum atomic E-state index is 3.75. The van der Waals surface area contributed by atoms with Crippen LogP contribution in [0.15, 0.2) is 24.3 Å². The highest BCUT2D eigenvalue weighted by molar-refractivity contribution is 5.24. The Morgan fingerprint density at radius 3 is 2.67 bits per heavy atom. The van der Waals surface area contributed by atoms with Crippen LogP contribution >= 0.6 is 0 Å². The van der Waals surface area contributed by atoms with Crippen molar-refractivity contribution >= 4 is 0 Å². The summed E-state index contributed by atoms with van der Waals surface area (Å²) in [6.45, 7) is 10.3. The monoisotopic (exact) mass is 288 g/mol. The highest BCUT2D eigenvalue weighted by Crippen LogP contribution is 2.21. The first kappa shape index (κ1) is 16.5. The van der Waals surface area contributed by atoms with Crippen molar-refractivity contribution in [3.05, 3.63) is 35.4 Å². The minimum atomic E-state index is 0.464. The molecule has 0 aromatic heterocycles. The van der Waals surface area contributed by atoms with E-state index in [4.69, 9.17) is 0 Å². The van der Waals surface area contributed by atoms with Crippen LogP contribution < -0.4 is 5.32 Å². The van der Waals surface area contributed by atoms with Crippen molar-refractivity contribution in [3.8, 4) is 0 Å². The zero-order valence-corrected chi connectivity index (χ0v) is 14.1. The summed E-state index contributed by atoms with van der Waals surface area (Å²) in [5.41, 5.74) is 2.78. The Hall–Kier alpha value is -0.860. The molecule has 21 heavy (non-hydrogen) atoms. The average Bonchev–Trinajstić information content (AvgIpc) is 2.69. The van der Waals surface area contributed by atoms with Crippen LogP contribution in [0.3, 0.4) is 0 Å². The molecule has 0 amide bonds. The van der Waals surface area contributed by atoms with E-state index in [-0.39, 0.29) is 0 Å². The summed E-state index contributed by atoms with van der Waals surface area (Å²) >= 11 is 0. The topological polar surface area (TPSA) is 15.3 Å². The van der Waals surface area contributed by atoms with Crippen LogP contribution in [0.2, 0.25) is 0 Å². The Morgan fingerprint density at radius 1 is 1.19 bits per heavy atom. The lowest BCUT2D eigenvalue weighted by molar-refractivity contribution is 0.190. The summed E-state index contributed by atoms with van der Waals surface area (Å²) in [7, 11) is 0. The standard InChI is InChI=1S/C19H32N2/c1-4-13-20-19(18-11-9-16(2)10-12-18)15-21-14-7-5-6-8-17(21)3/h9-12,17,19-20H,4-8,13-15H2,1-3H3. The summed E-state index contributed by atoms with van der Waals surface area (Å²) < 4.78 is 0. The van der Waals surface area contributed by atoms with E-state index in [9.17, 15) is 0 Å². The van der Waals surface area contributed by atoms with E-state index in [1.807, 2.05) is 0 Å². The molecule has 2 heteroatoms. The number of hydrogen-bond acceptors (Lipinski definition) is 2. The number of benzene rings is 1. The third-order valence-electron chi connectivity index (χ3n) is 4.73. The normalized spacial score (nSPS) is 22.0.